The summed E-state index contributed by atoms with van der Waals surface area (Å²) in [5.41, 5.74) is 3.88. The van der Waals surface area contributed by atoms with Crippen molar-refractivity contribution >= 4 is 29.6 Å². The molecule has 2 rings (SSSR count). The number of esters is 1. The van der Waals surface area contributed by atoms with Crippen LogP contribution in [0.3, 0.4) is 0 Å². The Hall–Kier alpha value is -2.33. The minimum absolute atomic E-state index is 0.234. The van der Waals surface area contributed by atoms with Crippen LogP contribution in [0.2, 0.25) is 5.02 Å². The first kappa shape index (κ1) is 19.0. The van der Waals surface area contributed by atoms with Crippen molar-refractivity contribution in [2.75, 3.05) is 13.6 Å². The number of carbonyl (C=O) groups excluding carboxylic acids is 1. The summed E-state index contributed by atoms with van der Waals surface area (Å²) in [5, 5.41) is 0.463. The lowest BCUT2D eigenvalue weighted by Crippen LogP contribution is -2.14. The van der Waals surface area contributed by atoms with Crippen LogP contribution in [0.25, 0.3) is 0 Å². The van der Waals surface area contributed by atoms with Gasteiger partial charge in [0, 0.05) is 13.6 Å². The summed E-state index contributed by atoms with van der Waals surface area (Å²) >= 11 is 6.36. The third kappa shape index (κ3) is 5.07. The fourth-order valence-electron chi connectivity index (χ4n) is 2.14. The second-order valence-electron chi connectivity index (χ2n) is 5.95. The van der Waals surface area contributed by atoms with Crippen LogP contribution in [-0.2, 0) is 11.3 Å². The molecule has 4 nitrogen and oxygen atoms in total. The molecular formula is C20H23ClN2O2. The van der Waals surface area contributed by atoms with Crippen molar-refractivity contribution in [1.82, 2.24) is 4.90 Å². The highest BCUT2D eigenvalue weighted by Gasteiger charge is 2.15. The average molecular weight is 359 g/mol. The molecule has 2 aromatic rings. The van der Waals surface area contributed by atoms with Crippen LogP contribution >= 0.6 is 11.6 Å². The number of rotatable bonds is 6. The normalized spacial score (nSPS) is 10.9. The third-order valence-corrected chi connectivity index (χ3v) is 4.45. The Morgan fingerprint density at radius 3 is 2.52 bits per heavy atom. The van der Waals surface area contributed by atoms with Crippen LogP contribution < -0.4 is 0 Å². The number of benzene rings is 2. The van der Waals surface area contributed by atoms with E-state index in [0.29, 0.717) is 21.8 Å². The monoisotopic (exact) mass is 358 g/mol. The van der Waals surface area contributed by atoms with Gasteiger partial charge >= 0.3 is 5.97 Å². The highest BCUT2D eigenvalue weighted by molar-refractivity contribution is 6.34. The van der Waals surface area contributed by atoms with Crippen molar-refractivity contribution in [2.24, 2.45) is 4.99 Å². The molecule has 0 N–H and O–H groups in total. The van der Waals surface area contributed by atoms with Gasteiger partial charge in [-0.2, -0.15) is 0 Å². The lowest BCUT2D eigenvalue weighted by Gasteiger charge is -2.11. The average Bonchev–Trinajstić information content (AvgIpc) is 2.62. The first-order valence-corrected chi connectivity index (χ1v) is 8.56. The predicted molar refractivity (Wildman–Crippen MR) is 103 cm³/mol. The van der Waals surface area contributed by atoms with E-state index in [-0.39, 0.29) is 12.6 Å². The number of hydrogen-bond donors (Lipinski definition) is 0. The van der Waals surface area contributed by atoms with Gasteiger partial charge in [-0.05, 0) is 44.0 Å². The zero-order valence-electron chi connectivity index (χ0n) is 15.0. The fourth-order valence-corrected chi connectivity index (χ4v) is 2.36. The van der Waals surface area contributed by atoms with Gasteiger partial charge in [0.05, 0.1) is 22.6 Å². The molecule has 0 unspecified atom stereocenters. The first-order valence-electron chi connectivity index (χ1n) is 8.18. The van der Waals surface area contributed by atoms with E-state index in [0.717, 1.165) is 12.1 Å². The summed E-state index contributed by atoms with van der Waals surface area (Å²) in [5.74, 6) is -0.388. The van der Waals surface area contributed by atoms with Gasteiger partial charge in [0.2, 0.25) is 0 Å². The number of aliphatic imine (C=N–C) groups is 1. The summed E-state index contributed by atoms with van der Waals surface area (Å²) in [6.45, 7) is 6.93. The number of hydrogen-bond acceptors (Lipinski definition) is 3. The molecule has 0 aliphatic heterocycles. The van der Waals surface area contributed by atoms with Gasteiger partial charge in [-0.3, -0.25) is 0 Å². The molecule has 0 saturated heterocycles. The summed E-state index contributed by atoms with van der Waals surface area (Å²) in [6.07, 6.45) is 1.72. The molecule has 0 saturated carbocycles. The topological polar surface area (TPSA) is 41.9 Å². The highest BCUT2D eigenvalue weighted by Crippen LogP contribution is 2.30. The van der Waals surface area contributed by atoms with Crippen LogP contribution in [0.5, 0.6) is 0 Å². The maximum atomic E-state index is 12.4. The fraction of sp³-hybridized carbons (Fsp3) is 0.300. The molecule has 0 spiro atoms. The molecule has 0 aromatic heterocycles. The van der Waals surface area contributed by atoms with E-state index >= 15 is 0 Å². The Labute approximate surface area is 154 Å². The van der Waals surface area contributed by atoms with Gasteiger partial charge in [-0.1, -0.05) is 41.4 Å². The predicted octanol–water partition coefficient (Wildman–Crippen LogP) is 4.93. The second kappa shape index (κ2) is 8.67. The molecule has 0 bridgehead atoms. The molecule has 0 radical (unpaired) electrons. The van der Waals surface area contributed by atoms with Crippen molar-refractivity contribution in [2.45, 2.75) is 27.4 Å². The van der Waals surface area contributed by atoms with Crippen molar-refractivity contribution in [3.8, 4) is 0 Å². The second-order valence-corrected chi connectivity index (χ2v) is 6.33. The maximum Gasteiger partial charge on any atom is 0.338 e. The summed E-state index contributed by atoms with van der Waals surface area (Å²) in [6, 6.07) is 11.3. The van der Waals surface area contributed by atoms with E-state index in [2.05, 4.69) is 4.99 Å². The lowest BCUT2D eigenvalue weighted by atomic mass is 10.1. The minimum Gasteiger partial charge on any atom is -0.457 e. The quantitative estimate of drug-likeness (QED) is 0.418. The molecule has 0 aliphatic carbocycles. The number of ether oxygens (including phenoxy) is 1. The van der Waals surface area contributed by atoms with Gasteiger partial charge in [-0.15, -0.1) is 0 Å². The van der Waals surface area contributed by atoms with E-state index in [1.807, 2.05) is 50.1 Å². The van der Waals surface area contributed by atoms with E-state index in [1.165, 1.54) is 5.56 Å². The SMILES string of the molecule is CCN(C)C=Nc1ccc(C(=O)OCc2ccc(C)cc2)c(C)c1Cl. The van der Waals surface area contributed by atoms with Gasteiger partial charge in [0.15, 0.2) is 0 Å². The van der Waals surface area contributed by atoms with E-state index in [1.54, 1.807) is 25.4 Å². The Morgan fingerprint density at radius 1 is 1.20 bits per heavy atom. The Bertz CT molecular complexity index is 770. The Morgan fingerprint density at radius 2 is 1.88 bits per heavy atom. The summed E-state index contributed by atoms with van der Waals surface area (Å²) in [7, 11) is 1.93. The van der Waals surface area contributed by atoms with E-state index in [4.69, 9.17) is 16.3 Å². The molecule has 25 heavy (non-hydrogen) atoms. The molecule has 0 fully saturated rings. The van der Waals surface area contributed by atoms with Gasteiger partial charge in [-0.25, -0.2) is 9.79 Å². The summed E-state index contributed by atoms with van der Waals surface area (Å²) in [4.78, 5) is 18.7. The van der Waals surface area contributed by atoms with Crippen molar-refractivity contribution < 1.29 is 9.53 Å². The molecule has 0 heterocycles. The van der Waals surface area contributed by atoms with Crippen LogP contribution in [0.1, 0.15) is 34.0 Å². The Kier molecular flexibility index (Phi) is 6.59. The number of nitrogens with zero attached hydrogens (tertiary/aromatic N) is 2. The number of aryl methyl sites for hydroxylation is 1. The zero-order chi connectivity index (χ0) is 18.4. The van der Waals surface area contributed by atoms with Crippen molar-refractivity contribution in [3.63, 3.8) is 0 Å². The number of carbonyl (C=O) groups is 1. The number of halogens is 1. The van der Waals surface area contributed by atoms with Crippen molar-refractivity contribution in [3.05, 3.63) is 63.7 Å². The van der Waals surface area contributed by atoms with E-state index in [9.17, 15) is 4.79 Å². The van der Waals surface area contributed by atoms with Gasteiger partial charge < -0.3 is 9.64 Å². The standard InChI is InChI=1S/C20H23ClN2O2/c1-5-23(4)13-22-18-11-10-17(15(3)19(18)21)20(24)25-12-16-8-6-14(2)7-9-16/h6-11,13H,5,12H2,1-4H3. The van der Waals surface area contributed by atoms with Crippen LogP contribution in [0.15, 0.2) is 41.4 Å². The van der Waals surface area contributed by atoms with E-state index < -0.39 is 0 Å². The summed E-state index contributed by atoms with van der Waals surface area (Å²) < 4.78 is 5.40. The molecule has 0 atom stereocenters. The Balaban J connectivity index is 2.10. The van der Waals surface area contributed by atoms with Crippen LogP contribution in [-0.4, -0.2) is 30.8 Å². The van der Waals surface area contributed by atoms with Gasteiger partial charge in [0.1, 0.15) is 6.61 Å². The lowest BCUT2D eigenvalue weighted by molar-refractivity contribution is 0.0472. The molecule has 2 aromatic carbocycles. The molecular weight excluding hydrogens is 336 g/mol. The van der Waals surface area contributed by atoms with Crippen molar-refractivity contribution in [1.29, 1.82) is 0 Å². The molecule has 0 aliphatic rings. The van der Waals surface area contributed by atoms with Crippen LogP contribution in [0.4, 0.5) is 5.69 Å². The minimum atomic E-state index is -0.388. The maximum absolute atomic E-state index is 12.4. The zero-order valence-corrected chi connectivity index (χ0v) is 15.8. The first-order chi connectivity index (χ1) is 11.9. The van der Waals surface area contributed by atoms with Crippen LogP contribution in [0, 0.1) is 13.8 Å². The molecule has 132 valence electrons. The third-order valence-electron chi connectivity index (χ3n) is 3.97. The molecule has 0 amide bonds. The highest BCUT2D eigenvalue weighted by atomic mass is 35.5. The largest absolute Gasteiger partial charge is 0.457 e. The van der Waals surface area contributed by atoms with Gasteiger partial charge in [0.25, 0.3) is 0 Å². The smallest absolute Gasteiger partial charge is 0.338 e. The molecule has 5 heteroatoms.